The highest BCUT2D eigenvalue weighted by molar-refractivity contribution is 7.89. The van der Waals surface area contributed by atoms with E-state index in [4.69, 9.17) is 0 Å². The fourth-order valence-corrected chi connectivity index (χ4v) is 5.21. The van der Waals surface area contributed by atoms with E-state index in [1.165, 1.54) is 18.3 Å². The summed E-state index contributed by atoms with van der Waals surface area (Å²) in [6.45, 7) is 5.14. The van der Waals surface area contributed by atoms with Gasteiger partial charge in [0.1, 0.15) is 16.6 Å². The van der Waals surface area contributed by atoms with Gasteiger partial charge in [-0.1, -0.05) is 0 Å². The average Bonchev–Trinajstić information content (AvgIpc) is 2.97. The summed E-state index contributed by atoms with van der Waals surface area (Å²) in [5.41, 5.74) is -0.675. The predicted octanol–water partition coefficient (Wildman–Crippen LogP) is 4.79. The van der Waals surface area contributed by atoms with Crippen LogP contribution in [0.25, 0.3) is 22.4 Å². The number of hydrogen-bond acceptors (Lipinski definition) is 5. The topological polar surface area (TPSA) is 101 Å². The number of fused-ring (bicyclic) bond motifs is 1. The van der Waals surface area contributed by atoms with Crippen LogP contribution in [-0.2, 0) is 16.2 Å². The Labute approximate surface area is 189 Å². The van der Waals surface area contributed by atoms with Crippen molar-refractivity contribution < 1.29 is 21.6 Å². The molecule has 1 saturated carbocycles. The number of nitrogens with one attached hydrogen (secondary N) is 1. The van der Waals surface area contributed by atoms with Crippen LogP contribution in [0.4, 0.5) is 13.2 Å². The molecule has 7 nitrogen and oxygen atoms in total. The molecule has 11 heteroatoms. The van der Waals surface area contributed by atoms with E-state index in [9.17, 15) is 26.9 Å². The van der Waals surface area contributed by atoms with Gasteiger partial charge < -0.3 is 4.57 Å². The van der Waals surface area contributed by atoms with Crippen LogP contribution in [0.5, 0.6) is 0 Å². The smallest absolute Gasteiger partial charge is 0.320 e. The van der Waals surface area contributed by atoms with Gasteiger partial charge in [0.2, 0.25) is 10.0 Å². The molecule has 0 unspecified atom stereocenters. The molecule has 174 valence electrons. The molecule has 1 aliphatic carbocycles. The zero-order valence-corrected chi connectivity index (χ0v) is 19.0. The molecule has 0 amide bonds. The highest BCUT2D eigenvalue weighted by Crippen LogP contribution is 2.42. The summed E-state index contributed by atoms with van der Waals surface area (Å²) in [4.78, 5) is 8.29. The third-order valence-corrected chi connectivity index (χ3v) is 7.19. The summed E-state index contributed by atoms with van der Waals surface area (Å²) in [5.74, 6) is 0. The van der Waals surface area contributed by atoms with Crippen LogP contribution in [0.3, 0.4) is 0 Å². The minimum absolute atomic E-state index is 0.0263. The molecule has 4 rings (SSSR count). The zero-order valence-electron chi connectivity index (χ0n) is 18.2. The van der Waals surface area contributed by atoms with Crippen molar-refractivity contribution in [3.05, 3.63) is 41.7 Å². The highest BCUT2D eigenvalue weighted by Gasteiger charge is 2.34. The molecule has 3 aromatic heterocycles. The maximum Gasteiger partial charge on any atom is 0.417 e. The molecule has 0 radical (unpaired) electrons. The quantitative estimate of drug-likeness (QED) is 0.582. The predicted molar refractivity (Wildman–Crippen MR) is 116 cm³/mol. The van der Waals surface area contributed by atoms with Gasteiger partial charge in [0.15, 0.2) is 0 Å². The Morgan fingerprint density at radius 2 is 1.85 bits per heavy atom. The second-order valence-corrected chi connectivity index (χ2v) is 10.8. The van der Waals surface area contributed by atoms with Crippen molar-refractivity contribution in [3.8, 4) is 17.5 Å². The third kappa shape index (κ3) is 4.32. The first-order chi connectivity index (χ1) is 15.3. The summed E-state index contributed by atoms with van der Waals surface area (Å²) < 4.78 is 69.4. The Morgan fingerprint density at radius 1 is 1.15 bits per heavy atom. The van der Waals surface area contributed by atoms with E-state index in [0.29, 0.717) is 11.4 Å². The van der Waals surface area contributed by atoms with Crippen LogP contribution < -0.4 is 4.72 Å². The number of hydrogen-bond donors (Lipinski definition) is 1. The number of aromatic nitrogens is 3. The van der Waals surface area contributed by atoms with E-state index in [-0.39, 0.29) is 27.5 Å². The lowest BCUT2D eigenvalue weighted by atomic mass is 9.92. The standard InChI is InChI=1S/C22H22F3N5O2S/c1-21(2,3)29-33(31,32)15-7-8-18(27-12-15)19-17(10-26)16-9-13(22(23,24)25)11-28-20(16)30(19)14-5-4-6-14/h7-9,11-12,14,29H,4-6H2,1-3H3. The molecule has 0 atom stereocenters. The van der Waals surface area contributed by atoms with E-state index < -0.39 is 27.3 Å². The van der Waals surface area contributed by atoms with Crippen molar-refractivity contribution in [2.75, 3.05) is 0 Å². The summed E-state index contributed by atoms with van der Waals surface area (Å²) in [6.07, 6.45) is -0.0966. The summed E-state index contributed by atoms with van der Waals surface area (Å²) in [7, 11) is -3.82. The van der Waals surface area contributed by atoms with E-state index in [1.807, 2.05) is 6.07 Å². The fourth-order valence-electron chi connectivity index (χ4n) is 3.85. The SMILES string of the molecule is CC(C)(C)NS(=O)(=O)c1ccc(-c2c(C#N)c3cc(C(F)(F)F)cnc3n2C2CCC2)nc1. The molecular weight excluding hydrogens is 455 g/mol. The van der Waals surface area contributed by atoms with E-state index >= 15 is 0 Å². The molecule has 0 aliphatic heterocycles. The molecular formula is C22H22F3N5O2S. The van der Waals surface area contributed by atoms with Gasteiger partial charge in [-0.25, -0.2) is 18.1 Å². The van der Waals surface area contributed by atoms with Crippen LogP contribution in [0.2, 0.25) is 0 Å². The Kier molecular flexibility index (Phi) is 5.49. The summed E-state index contributed by atoms with van der Waals surface area (Å²) >= 11 is 0. The van der Waals surface area contributed by atoms with E-state index in [2.05, 4.69) is 14.7 Å². The number of nitrogens with zero attached hydrogens (tertiary/aromatic N) is 4. The van der Waals surface area contributed by atoms with Gasteiger partial charge in [-0.2, -0.15) is 18.4 Å². The van der Waals surface area contributed by atoms with Crippen LogP contribution in [0.15, 0.2) is 35.5 Å². The molecule has 1 aliphatic rings. The maximum atomic E-state index is 13.3. The van der Waals surface area contributed by atoms with Gasteiger partial charge in [-0.05, 0) is 58.2 Å². The van der Waals surface area contributed by atoms with Crippen molar-refractivity contribution in [1.82, 2.24) is 19.3 Å². The van der Waals surface area contributed by atoms with E-state index in [0.717, 1.165) is 31.5 Å². The second kappa shape index (κ2) is 7.81. The molecule has 1 N–H and O–H groups in total. The normalized spacial score (nSPS) is 15.4. The van der Waals surface area contributed by atoms with Gasteiger partial charge in [0.05, 0.1) is 22.5 Å². The van der Waals surface area contributed by atoms with Gasteiger partial charge in [0, 0.05) is 29.4 Å². The molecule has 0 aromatic carbocycles. The van der Waals surface area contributed by atoms with Crippen molar-refractivity contribution in [2.45, 2.75) is 62.7 Å². The first kappa shape index (κ1) is 23.2. The number of rotatable bonds is 4. The minimum Gasteiger partial charge on any atom is -0.320 e. The van der Waals surface area contributed by atoms with Crippen molar-refractivity contribution in [1.29, 1.82) is 5.26 Å². The molecule has 33 heavy (non-hydrogen) atoms. The van der Waals surface area contributed by atoms with Crippen LogP contribution in [0, 0.1) is 11.3 Å². The van der Waals surface area contributed by atoms with E-state index in [1.54, 1.807) is 25.3 Å². The number of sulfonamides is 1. The van der Waals surface area contributed by atoms with Crippen molar-refractivity contribution in [2.24, 2.45) is 0 Å². The molecule has 3 heterocycles. The Hall–Kier alpha value is -2.97. The Bertz CT molecular complexity index is 1360. The Morgan fingerprint density at radius 3 is 2.33 bits per heavy atom. The molecule has 0 bridgehead atoms. The largest absolute Gasteiger partial charge is 0.417 e. The third-order valence-electron chi connectivity index (χ3n) is 5.45. The number of pyridine rings is 2. The average molecular weight is 478 g/mol. The van der Waals surface area contributed by atoms with Gasteiger partial charge in [-0.15, -0.1) is 0 Å². The molecule has 1 fully saturated rings. The molecule has 3 aromatic rings. The first-order valence-electron chi connectivity index (χ1n) is 10.3. The van der Waals surface area contributed by atoms with Crippen molar-refractivity contribution >= 4 is 21.1 Å². The lowest BCUT2D eigenvalue weighted by molar-refractivity contribution is -0.137. The lowest BCUT2D eigenvalue weighted by Gasteiger charge is -2.29. The summed E-state index contributed by atoms with van der Waals surface area (Å²) in [6, 6.07) is 5.76. The monoisotopic (exact) mass is 477 g/mol. The number of halogens is 3. The number of alkyl halides is 3. The van der Waals surface area contributed by atoms with Crippen LogP contribution in [-0.4, -0.2) is 28.5 Å². The zero-order chi connectivity index (χ0) is 24.2. The van der Waals surface area contributed by atoms with Gasteiger partial charge in [-0.3, -0.25) is 4.98 Å². The van der Waals surface area contributed by atoms with Crippen molar-refractivity contribution in [3.63, 3.8) is 0 Å². The number of nitriles is 1. The van der Waals surface area contributed by atoms with Crippen LogP contribution in [0.1, 0.15) is 57.2 Å². The lowest BCUT2D eigenvalue weighted by Crippen LogP contribution is -2.40. The second-order valence-electron chi connectivity index (χ2n) is 9.12. The highest BCUT2D eigenvalue weighted by atomic mass is 32.2. The van der Waals surface area contributed by atoms with Gasteiger partial charge >= 0.3 is 6.18 Å². The minimum atomic E-state index is -4.60. The first-order valence-corrected chi connectivity index (χ1v) is 11.8. The van der Waals surface area contributed by atoms with Crippen LogP contribution >= 0.6 is 0 Å². The molecule has 0 saturated heterocycles. The Balaban J connectivity index is 1.89. The molecule has 0 spiro atoms. The van der Waals surface area contributed by atoms with Gasteiger partial charge in [0.25, 0.3) is 0 Å². The summed E-state index contributed by atoms with van der Waals surface area (Å²) in [5, 5.41) is 9.96. The fraction of sp³-hybridized carbons (Fsp3) is 0.409. The maximum absolute atomic E-state index is 13.3.